The molecule has 1 saturated carbocycles. The smallest absolute Gasteiger partial charge is 0.237 e. The molecular formula is C21H25FN2O. The average molecular weight is 340 g/mol. The highest BCUT2D eigenvalue weighted by atomic mass is 19.1. The van der Waals surface area contributed by atoms with Crippen LogP contribution in [0.1, 0.15) is 49.9 Å². The number of amides is 1. The number of hydrogen-bond acceptors (Lipinski definition) is 2. The summed E-state index contributed by atoms with van der Waals surface area (Å²) in [6, 6.07) is 16.3. The molecule has 3 rings (SSSR count). The van der Waals surface area contributed by atoms with Crippen molar-refractivity contribution in [1.82, 2.24) is 10.6 Å². The first-order chi connectivity index (χ1) is 12.0. The van der Waals surface area contributed by atoms with Gasteiger partial charge < -0.3 is 5.32 Å². The topological polar surface area (TPSA) is 41.1 Å². The highest BCUT2D eigenvalue weighted by Crippen LogP contribution is 2.41. The van der Waals surface area contributed by atoms with Crippen LogP contribution in [0.25, 0.3) is 0 Å². The number of nitrogens with one attached hydrogen (secondary N) is 2. The molecule has 3 nitrogen and oxygen atoms in total. The van der Waals surface area contributed by atoms with E-state index in [1.165, 1.54) is 30.5 Å². The third-order valence-corrected chi connectivity index (χ3v) is 4.80. The summed E-state index contributed by atoms with van der Waals surface area (Å²) in [5, 5.41) is 6.50. The molecule has 2 aromatic rings. The molecule has 132 valence electrons. The molecule has 2 N–H and O–H groups in total. The lowest BCUT2D eigenvalue weighted by atomic mass is 10.0. The van der Waals surface area contributed by atoms with Crippen molar-refractivity contribution in [2.24, 2.45) is 5.92 Å². The van der Waals surface area contributed by atoms with Crippen LogP contribution >= 0.6 is 0 Å². The van der Waals surface area contributed by atoms with Crippen molar-refractivity contribution >= 4 is 5.91 Å². The van der Waals surface area contributed by atoms with Crippen LogP contribution in [-0.2, 0) is 4.79 Å². The van der Waals surface area contributed by atoms with E-state index in [4.69, 9.17) is 0 Å². The van der Waals surface area contributed by atoms with Gasteiger partial charge >= 0.3 is 0 Å². The van der Waals surface area contributed by atoms with Gasteiger partial charge in [-0.2, -0.15) is 0 Å². The number of carbonyl (C=O) groups excluding carboxylic acids is 1. The summed E-state index contributed by atoms with van der Waals surface area (Å²) in [5.41, 5.74) is 2.12. The number of rotatable bonds is 7. The lowest BCUT2D eigenvalue weighted by Gasteiger charge is -2.25. The van der Waals surface area contributed by atoms with Gasteiger partial charge in [0.05, 0.1) is 12.1 Å². The Morgan fingerprint density at radius 1 is 1.00 bits per heavy atom. The fourth-order valence-electron chi connectivity index (χ4n) is 3.11. The predicted molar refractivity (Wildman–Crippen MR) is 97.5 cm³/mol. The molecule has 0 saturated heterocycles. The predicted octanol–water partition coefficient (Wildman–Crippen LogP) is 4.13. The maximum atomic E-state index is 13.0. The van der Waals surface area contributed by atoms with Gasteiger partial charge in [-0.25, -0.2) is 4.39 Å². The molecular weight excluding hydrogens is 315 g/mol. The summed E-state index contributed by atoms with van der Waals surface area (Å²) in [5.74, 6) is 0.290. The van der Waals surface area contributed by atoms with Crippen molar-refractivity contribution in [1.29, 1.82) is 0 Å². The van der Waals surface area contributed by atoms with E-state index in [-0.39, 0.29) is 29.8 Å². The van der Waals surface area contributed by atoms with Crippen LogP contribution < -0.4 is 10.6 Å². The van der Waals surface area contributed by atoms with Crippen LogP contribution in [0.15, 0.2) is 54.6 Å². The van der Waals surface area contributed by atoms with Crippen LogP contribution in [0.3, 0.4) is 0 Å². The fraction of sp³-hybridized carbons (Fsp3) is 0.381. The third-order valence-electron chi connectivity index (χ3n) is 4.80. The Morgan fingerprint density at radius 3 is 2.24 bits per heavy atom. The van der Waals surface area contributed by atoms with Crippen molar-refractivity contribution in [2.75, 3.05) is 0 Å². The molecule has 3 atom stereocenters. The highest BCUT2D eigenvalue weighted by molar-refractivity contribution is 5.81. The van der Waals surface area contributed by atoms with E-state index in [9.17, 15) is 9.18 Å². The second-order valence-corrected chi connectivity index (χ2v) is 6.90. The molecule has 0 bridgehead atoms. The Bertz CT molecular complexity index is 698. The van der Waals surface area contributed by atoms with Crippen LogP contribution in [0, 0.1) is 11.7 Å². The van der Waals surface area contributed by atoms with Crippen LogP contribution in [-0.4, -0.2) is 11.9 Å². The minimum atomic E-state index is -0.297. The molecule has 1 aliphatic rings. The minimum absolute atomic E-state index is 0.0431. The van der Waals surface area contributed by atoms with E-state index in [0.29, 0.717) is 5.92 Å². The number of carbonyl (C=O) groups is 1. The molecule has 0 aliphatic heterocycles. The SMILES string of the molecule is CC(NC(c1ccccc1)C1CC1)C(=O)NC(C)c1ccc(F)cc1. The number of hydrogen-bond donors (Lipinski definition) is 2. The van der Waals surface area contributed by atoms with Gasteiger partial charge in [-0.15, -0.1) is 0 Å². The molecule has 4 heteroatoms. The van der Waals surface area contributed by atoms with Crippen molar-refractivity contribution in [3.63, 3.8) is 0 Å². The summed E-state index contributed by atoms with van der Waals surface area (Å²) in [6.45, 7) is 3.80. The molecule has 25 heavy (non-hydrogen) atoms. The molecule has 1 aliphatic carbocycles. The zero-order valence-corrected chi connectivity index (χ0v) is 14.7. The Kier molecular flexibility index (Phi) is 5.49. The van der Waals surface area contributed by atoms with Crippen molar-refractivity contribution in [2.45, 2.75) is 44.8 Å². The van der Waals surface area contributed by atoms with Crippen LogP contribution in [0.2, 0.25) is 0 Å². The van der Waals surface area contributed by atoms with Crippen LogP contribution in [0.5, 0.6) is 0 Å². The fourth-order valence-corrected chi connectivity index (χ4v) is 3.11. The zero-order valence-electron chi connectivity index (χ0n) is 14.7. The second kappa shape index (κ2) is 7.79. The second-order valence-electron chi connectivity index (χ2n) is 6.90. The molecule has 0 aromatic heterocycles. The molecule has 3 unspecified atom stereocenters. The Labute approximate surface area is 148 Å². The van der Waals surface area contributed by atoms with Gasteiger partial charge in [0.1, 0.15) is 5.82 Å². The number of benzene rings is 2. The van der Waals surface area contributed by atoms with Crippen LogP contribution in [0.4, 0.5) is 4.39 Å². The maximum absolute atomic E-state index is 13.0. The zero-order chi connectivity index (χ0) is 17.8. The van der Waals surface area contributed by atoms with E-state index >= 15 is 0 Å². The maximum Gasteiger partial charge on any atom is 0.237 e. The molecule has 0 radical (unpaired) electrons. The summed E-state index contributed by atoms with van der Waals surface area (Å²) >= 11 is 0. The minimum Gasteiger partial charge on any atom is -0.348 e. The lowest BCUT2D eigenvalue weighted by molar-refractivity contribution is -0.123. The summed E-state index contributed by atoms with van der Waals surface area (Å²) in [4.78, 5) is 12.6. The van der Waals surface area contributed by atoms with E-state index in [2.05, 4.69) is 22.8 Å². The molecule has 1 fully saturated rings. The van der Waals surface area contributed by atoms with Gasteiger partial charge in [0.25, 0.3) is 0 Å². The van der Waals surface area contributed by atoms with E-state index in [1.807, 2.05) is 32.0 Å². The lowest BCUT2D eigenvalue weighted by Crippen LogP contribution is -2.44. The van der Waals surface area contributed by atoms with Gasteiger partial charge in [0.2, 0.25) is 5.91 Å². The number of halogens is 1. The van der Waals surface area contributed by atoms with Gasteiger partial charge in [-0.3, -0.25) is 10.1 Å². The van der Waals surface area contributed by atoms with E-state index in [1.54, 1.807) is 12.1 Å². The van der Waals surface area contributed by atoms with Gasteiger partial charge in [-0.05, 0) is 55.9 Å². The summed E-state index contributed by atoms with van der Waals surface area (Å²) < 4.78 is 13.0. The largest absolute Gasteiger partial charge is 0.348 e. The van der Waals surface area contributed by atoms with Gasteiger partial charge in [-0.1, -0.05) is 42.5 Å². The monoisotopic (exact) mass is 340 g/mol. The van der Waals surface area contributed by atoms with Crippen molar-refractivity contribution in [3.05, 3.63) is 71.5 Å². The quantitative estimate of drug-likeness (QED) is 0.796. The Morgan fingerprint density at radius 2 is 1.64 bits per heavy atom. The first-order valence-corrected chi connectivity index (χ1v) is 8.91. The van der Waals surface area contributed by atoms with Gasteiger partial charge in [0.15, 0.2) is 0 Å². The summed E-state index contributed by atoms with van der Waals surface area (Å²) in [6.07, 6.45) is 2.40. The summed E-state index contributed by atoms with van der Waals surface area (Å²) in [7, 11) is 0. The standard InChI is InChI=1S/C21H25FN2O/c1-14(16-10-12-19(22)13-11-16)24-21(25)15(2)23-20(18-8-9-18)17-6-4-3-5-7-17/h3-7,10-15,18,20,23H,8-9H2,1-2H3,(H,24,25). The van der Waals surface area contributed by atoms with Crippen molar-refractivity contribution < 1.29 is 9.18 Å². The molecule has 0 heterocycles. The molecule has 1 amide bonds. The Balaban J connectivity index is 1.60. The highest BCUT2D eigenvalue weighted by Gasteiger charge is 2.34. The third kappa shape index (κ3) is 4.67. The molecule has 0 spiro atoms. The van der Waals surface area contributed by atoms with Crippen molar-refractivity contribution in [3.8, 4) is 0 Å². The molecule has 2 aromatic carbocycles. The van der Waals surface area contributed by atoms with E-state index < -0.39 is 0 Å². The van der Waals surface area contributed by atoms with E-state index in [0.717, 1.165) is 5.56 Å². The van der Waals surface area contributed by atoms with Gasteiger partial charge in [0, 0.05) is 6.04 Å². The first kappa shape index (κ1) is 17.6. The normalized spacial score (nSPS) is 17.6. The average Bonchev–Trinajstić information content (AvgIpc) is 3.45. The Hall–Kier alpha value is -2.20. The first-order valence-electron chi connectivity index (χ1n) is 8.91.